The van der Waals surface area contributed by atoms with Crippen LogP contribution in [0.1, 0.15) is 38.5 Å². The van der Waals surface area contributed by atoms with E-state index >= 15 is 0 Å². The van der Waals surface area contributed by atoms with E-state index in [1.165, 1.54) is 0 Å². The molecule has 68 valence electrons. The molecule has 0 aromatic carbocycles. The quantitative estimate of drug-likeness (QED) is 0.749. The molecule has 1 aromatic heterocycles. The van der Waals surface area contributed by atoms with Crippen molar-refractivity contribution in [1.29, 1.82) is 0 Å². The summed E-state index contributed by atoms with van der Waals surface area (Å²) < 4.78 is 5.42. The number of nitrogens with zero attached hydrogens (tertiary/aromatic N) is 1. The van der Waals surface area contributed by atoms with Crippen molar-refractivity contribution >= 4 is 0 Å². The molecule has 1 atom stereocenters. The second-order valence-electron chi connectivity index (χ2n) is 3.55. The van der Waals surface area contributed by atoms with Crippen molar-refractivity contribution in [3.8, 4) is 0 Å². The number of rotatable bonds is 3. The molecule has 0 aliphatic heterocycles. The van der Waals surface area contributed by atoms with E-state index in [0.29, 0.717) is 11.8 Å². The number of aromatic nitrogens is 1. The van der Waals surface area contributed by atoms with Gasteiger partial charge in [-0.15, -0.1) is 0 Å². The molecule has 12 heavy (non-hydrogen) atoms. The van der Waals surface area contributed by atoms with Gasteiger partial charge in [0, 0.05) is 6.42 Å². The molecule has 1 rings (SSSR count). The van der Waals surface area contributed by atoms with Crippen molar-refractivity contribution in [3.05, 3.63) is 17.8 Å². The van der Waals surface area contributed by atoms with Crippen LogP contribution in [0.3, 0.4) is 0 Å². The smallest absolute Gasteiger partial charge is 0.210 e. The lowest BCUT2D eigenvalue weighted by atomic mass is 10.1. The Kier molecular flexibility index (Phi) is 2.87. The van der Waals surface area contributed by atoms with Crippen molar-refractivity contribution in [2.24, 2.45) is 11.7 Å². The van der Waals surface area contributed by atoms with Crippen LogP contribution in [0.5, 0.6) is 0 Å². The minimum Gasteiger partial charge on any atom is -0.444 e. The summed E-state index contributed by atoms with van der Waals surface area (Å²) in [6.45, 7) is 6.16. The van der Waals surface area contributed by atoms with Crippen LogP contribution in [-0.4, -0.2) is 4.98 Å². The van der Waals surface area contributed by atoms with E-state index < -0.39 is 0 Å². The van der Waals surface area contributed by atoms with Crippen LogP contribution in [0, 0.1) is 5.92 Å². The molecular weight excluding hydrogens is 152 g/mol. The maximum atomic E-state index is 5.60. The minimum absolute atomic E-state index is 0.106. The first kappa shape index (κ1) is 9.26. The lowest BCUT2D eigenvalue weighted by Crippen LogP contribution is -2.04. The highest BCUT2D eigenvalue weighted by molar-refractivity contribution is 4.97. The summed E-state index contributed by atoms with van der Waals surface area (Å²) in [5.41, 5.74) is 5.60. The van der Waals surface area contributed by atoms with Crippen LogP contribution >= 0.6 is 0 Å². The molecule has 2 N–H and O–H groups in total. The molecule has 3 heteroatoms. The van der Waals surface area contributed by atoms with E-state index in [0.717, 1.165) is 12.2 Å². The van der Waals surface area contributed by atoms with E-state index in [-0.39, 0.29) is 6.04 Å². The van der Waals surface area contributed by atoms with Crippen LogP contribution in [0.25, 0.3) is 0 Å². The number of oxazole rings is 1. The molecule has 0 saturated heterocycles. The monoisotopic (exact) mass is 168 g/mol. The summed E-state index contributed by atoms with van der Waals surface area (Å²) in [7, 11) is 0. The standard InChI is InChI=1S/C9H16N2O/c1-6(2)4-8-5-11-9(12-8)7(3)10/h5-7H,4,10H2,1-3H3/t7-/m0/s1. The van der Waals surface area contributed by atoms with Gasteiger partial charge in [-0.2, -0.15) is 0 Å². The van der Waals surface area contributed by atoms with E-state index in [2.05, 4.69) is 18.8 Å². The minimum atomic E-state index is -0.106. The fourth-order valence-electron chi connectivity index (χ4n) is 1.03. The number of hydrogen-bond acceptors (Lipinski definition) is 3. The topological polar surface area (TPSA) is 52.0 Å². The Bertz CT molecular complexity index is 240. The van der Waals surface area contributed by atoms with Crippen molar-refractivity contribution in [3.63, 3.8) is 0 Å². The lowest BCUT2D eigenvalue weighted by molar-refractivity contribution is 0.413. The normalized spacial score (nSPS) is 13.8. The first-order chi connectivity index (χ1) is 5.59. The summed E-state index contributed by atoms with van der Waals surface area (Å²) in [5.74, 6) is 2.15. The fraction of sp³-hybridized carbons (Fsp3) is 0.667. The van der Waals surface area contributed by atoms with Crippen molar-refractivity contribution in [2.75, 3.05) is 0 Å². The molecule has 1 heterocycles. The summed E-state index contributed by atoms with van der Waals surface area (Å²) in [5, 5.41) is 0. The summed E-state index contributed by atoms with van der Waals surface area (Å²) in [6.07, 6.45) is 2.69. The molecule has 0 unspecified atom stereocenters. The van der Waals surface area contributed by atoms with E-state index in [1.807, 2.05) is 6.92 Å². The number of hydrogen-bond donors (Lipinski definition) is 1. The molecular formula is C9H16N2O. The zero-order chi connectivity index (χ0) is 9.14. The zero-order valence-corrected chi connectivity index (χ0v) is 7.87. The zero-order valence-electron chi connectivity index (χ0n) is 7.87. The molecule has 0 aliphatic rings. The van der Waals surface area contributed by atoms with Gasteiger partial charge in [0.25, 0.3) is 0 Å². The maximum Gasteiger partial charge on any atom is 0.210 e. The predicted molar refractivity (Wildman–Crippen MR) is 47.6 cm³/mol. The van der Waals surface area contributed by atoms with Gasteiger partial charge in [0.05, 0.1) is 12.2 Å². The number of nitrogens with two attached hydrogens (primary N) is 1. The third kappa shape index (κ3) is 2.34. The van der Waals surface area contributed by atoms with Crippen LogP contribution in [0.15, 0.2) is 10.6 Å². The van der Waals surface area contributed by atoms with E-state index in [9.17, 15) is 0 Å². The molecule has 1 aromatic rings. The van der Waals surface area contributed by atoms with Gasteiger partial charge in [-0.3, -0.25) is 0 Å². The highest BCUT2D eigenvalue weighted by Crippen LogP contribution is 2.13. The molecule has 0 spiro atoms. The van der Waals surface area contributed by atoms with Crippen LogP contribution in [0.4, 0.5) is 0 Å². The SMILES string of the molecule is CC(C)Cc1cnc([C@H](C)N)o1. The van der Waals surface area contributed by atoms with Gasteiger partial charge < -0.3 is 10.2 Å². The van der Waals surface area contributed by atoms with Crippen molar-refractivity contribution < 1.29 is 4.42 Å². The first-order valence-corrected chi connectivity index (χ1v) is 4.29. The van der Waals surface area contributed by atoms with E-state index in [4.69, 9.17) is 10.2 Å². The predicted octanol–water partition coefficient (Wildman–Crippen LogP) is 1.89. The Hall–Kier alpha value is -0.830. The van der Waals surface area contributed by atoms with Gasteiger partial charge in [-0.1, -0.05) is 13.8 Å². The highest BCUT2D eigenvalue weighted by atomic mass is 16.4. The second kappa shape index (κ2) is 3.72. The molecule has 0 aliphatic carbocycles. The molecule has 3 nitrogen and oxygen atoms in total. The largest absolute Gasteiger partial charge is 0.444 e. The van der Waals surface area contributed by atoms with Crippen LogP contribution in [0.2, 0.25) is 0 Å². The van der Waals surface area contributed by atoms with Gasteiger partial charge in [-0.25, -0.2) is 4.98 Å². The third-order valence-electron chi connectivity index (χ3n) is 1.57. The maximum absolute atomic E-state index is 5.60. The van der Waals surface area contributed by atoms with E-state index in [1.54, 1.807) is 6.20 Å². The average molecular weight is 168 g/mol. The Balaban J connectivity index is 2.64. The van der Waals surface area contributed by atoms with Gasteiger partial charge in [0.2, 0.25) is 5.89 Å². The molecule has 0 saturated carbocycles. The Morgan fingerprint density at radius 3 is 2.58 bits per heavy atom. The Morgan fingerprint density at radius 1 is 1.50 bits per heavy atom. The van der Waals surface area contributed by atoms with Crippen LogP contribution < -0.4 is 5.73 Å². The first-order valence-electron chi connectivity index (χ1n) is 4.29. The van der Waals surface area contributed by atoms with Gasteiger partial charge >= 0.3 is 0 Å². The highest BCUT2D eigenvalue weighted by Gasteiger charge is 2.08. The van der Waals surface area contributed by atoms with Crippen molar-refractivity contribution in [2.45, 2.75) is 33.2 Å². The fourth-order valence-corrected chi connectivity index (χ4v) is 1.03. The van der Waals surface area contributed by atoms with Crippen molar-refractivity contribution in [1.82, 2.24) is 4.98 Å². The Labute approximate surface area is 73.0 Å². The van der Waals surface area contributed by atoms with Crippen LogP contribution in [-0.2, 0) is 6.42 Å². The Morgan fingerprint density at radius 2 is 2.17 bits per heavy atom. The molecule has 0 fully saturated rings. The van der Waals surface area contributed by atoms with Gasteiger partial charge in [-0.05, 0) is 12.8 Å². The summed E-state index contributed by atoms with van der Waals surface area (Å²) in [4.78, 5) is 4.08. The van der Waals surface area contributed by atoms with Gasteiger partial charge in [0.1, 0.15) is 5.76 Å². The molecule has 0 amide bonds. The molecule has 0 bridgehead atoms. The molecule has 0 radical (unpaired) electrons. The lowest BCUT2D eigenvalue weighted by Gasteiger charge is -2.00. The summed E-state index contributed by atoms with van der Waals surface area (Å²) in [6, 6.07) is -0.106. The van der Waals surface area contributed by atoms with Gasteiger partial charge in [0.15, 0.2) is 0 Å². The average Bonchev–Trinajstić information content (AvgIpc) is 2.34. The second-order valence-corrected chi connectivity index (χ2v) is 3.55. The third-order valence-corrected chi connectivity index (χ3v) is 1.57. The summed E-state index contributed by atoms with van der Waals surface area (Å²) >= 11 is 0.